The number of alkyl carbamates (subject to hydrolysis) is 1. The maximum atomic E-state index is 13.8. The predicted molar refractivity (Wildman–Crippen MR) is 136 cm³/mol. The lowest BCUT2D eigenvalue weighted by Crippen LogP contribution is -2.59. The highest BCUT2D eigenvalue weighted by molar-refractivity contribution is 5.93. The molecule has 0 aliphatic carbocycles. The summed E-state index contributed by atoms with van der Waals surface area (Å²) in [5, 5.41) is 25.9. The molecule has 0 saturated heterocycles. The molecule has 0 saturated carbocycles. The van der Waals surface area contributed by atoms with E-state index in [0.717, 1.165) is 5.56 Å². The fraction of sp³-hybridized carbons (Fsp3) is 0.444. The van der Waals surface area contributed by atoms with Crippen LogP contribution in [0.5, 0.6) is 5.75 Å². The number of nitrogens with zero attached hydrogens (tertiary/aromatic N) is 1. The molecule has 0 radical (unpaired) electrons. The highest BCUT2D eigenvalue weighted by Crippen LogP contribution is 2.34. The van der Waals surface area contributed by atoms with Crippen molar-refractivity contribution >= 4 is 17.9 Å². The first-order chi connectivity index (χ1) is 16.7. The van der Waals surface area contributed by atoms with Gasteiger partial charge in [0, 0.05) is 17.6 Å². The third kappa shape index (κ3) is 7.98. The molecule has 0 spiro atoms. The quantitative estimate of drug-likeness (QED) is 0.441. The third-order valence-electron chi connectivity index (χ3n) is 5.18. The first-order valence-corrected chi connectivity index (χ1v) is 11.8. The Kier molecular flexibility index (Phi) is 9.47. The van der Waals surface area contributed by atoms with E-state index in [1.165, 1.54) is 11.0 Å². The maximum absolute atomic E-state index is 13.8. The maximum Gasteiger partial charge on any atom is 0.408 e. The summed E-state index contributed by atoms with van der Waals surface area (Å²) in [7, 11) is 0. The topological polar surface area (TPSA) is 128 Å². The van der Waals surface area contributed by atoms with Gasteiger partial charge >= 0.3 is 6.09 Å². The highest BCUT2D eigenvalue weighted by Gasteiger charge is 2.42. The molecule has 2 atom stereocenters. The van der Waals surface area contributed by atoms with Crippen molar-refractivity contribution in [3.8, 4) is 5.75 Å². The second-order valence-corrected chi connectivity index (χ2v) is 10.4. The minimum atomic E-state index is -1.38. The van der Waals surface area contributed by atoms with Crippen molar-refractivity contribution in [2.75, 3.05) is 6.61 Å². The fourth-order valence-electron chi connectivity index (χ4n) is 3.65. The van der Waals surface area contributed by atoms with Crippen LogP contribution in [0.4, 0.5) is 4.79 Å². The average molecular weight is 500 g/mol. The molecule has 2 rings (SSSR count). The van der Waals surface area contributed by atoms with Crippen LogP contribution >= 0.6 is 0 Å². The van der Waals surface area contributed by atoms with Gasteiger partial charge in [0.25, 0.3) is 0 Å². The Hall–Kier alpha value is -3.59. The molecule has 196 valence electrons. The average Bonchev–Trinajstić information content (AvgIpc) is 2.78. The van der Waals surface area contributed by atoms with E-state index >= 15 is 0 Å². The van der Waals surface area contributed by atoms with Crippen molar-refractivity contribution in [1.29, 1.82) is 0 Å². The molecule has 0 aliphatic rings. The van der Waals surface area contributed by atoms with E-state index in [0.29, 0.717) is 0 Å². The fourth-order valence-corrected chi connectivity index (χ4v) is 3.65. The van der Waals surface area contributed by atoms with Crippen LogP contribution in [0, 0.1) is 0 Å². The van der Waals surface area contributed by atoms with Crippen molar-refractivity contribution < 1.29 is 29.3 Å². The smallest absolute Gasteiger partial charge is 0.408 e. The first kappa shape index (κ1) is 28.6. The predicted octanol–water partition coefficient (Wildman–Crippen LogP) is 3.26. The van der Waals surface area contributed by atoms with Crippen LogP contribution in [-0.2, 0) is 20.9 Å². The number of aromatic hydroxyl groups is 1. The molecule has 0 heterocycles. The zero-order valence-electron chi connectivity index (χ0n) is 21.7. The van der Waals surface area contributed by atoms with Crippen LogP contribution < -0.4 is 10.6 Å². The summed E-state index contributed by atoms with van der Waals surface area (Å²) in [6.45, 7) is 9.69. The number of ether oxygens (including phenoxy) is 1. The molecular weight excluding hydrogens is 462 g/mol. The highest BCUT2D eigenvalue weighted by atomic mass is 16.6. The molecule has 0 fully saturated rings. The summed E-state index contributed by atoms with van der Waals surface area (Å²) >= 11 is 0. The molecule has 0 bridgehead atoms. The zero-order chi connectivity index (χ0) is 27.1. The summed E-state index contributed by atoms with van der Waals surface area (Å²) in [5.74, 6) is -1.41. The number of nitrogens with one attached hydrogen (secondary N) is 2. The Bertz CT molecular complexity index is 1040. The van der Waals surface area contributed by atoms with Crippen LogP contribution in [0.3, 0.4) is 0 Å². The Balaban J connectivity index is 2.46. The minimum Gasteiger partial charge on any atom is -0.508 e. The third-order valence-corrected chi connectivity index (χ3v) is 5.18. The monoisotopic (exact) mass is 499 g/mol. The van der Waals surface area contributed by atoms with E-state index in [-0.39, 0.29) is 17.9 Å². The van der Waals surface area contributed by atoms with Crippen LogP contribution in [0.15, 0.2) is 54.6 Å². The second-order valence-electron chi connectivity index (χ2n) is 10.4. The van der Waals surface area contributed by atoms with Gasteiger partial charge < -0.3 is 30.5 Å². The molecule has 9 heteroatoms. The van der Waals surface area contributed by atoms with Gasteiger partial charge in [-0.25, -0.2) is 4.79 Å². The molecule has 36 heavy (non-hydrogen) atoms. The normalized spacial score (nSPS) is 13.3. The standard InChI is InChI=1S/C27H37N3O6/c1-26(2,3)30(24(34)20(17-31)29-25(35)36-27(4,5)6)22(19-14-10-11-15-21(19)32)23(33)28-16-18-12-8-7-9-13-18/h7-15,20,22,31-32H,16-17H2,1-6H3,(H,28,33)(H,29,35). The van der Waals surface area contributed by atoms with Gasteiger partial charge in [-0.15, -0.1) is 0 Å². The van der Waals surface area contributed by atoms with E-state index in [4.69, 9.17) is 4.74 Å². The van der Waals surface area contributed by atoms with Crippen LogP contribution in [-0.4, -0.2) is 56.8 Å². The van der Waals surface area contributed by atoms with Crippen molar-refractivity contribution in [2.45, 2.75) is 71.3 Å². The number of aliphatic hydroxyl groups is 1. The van der Waals surface area contributed by atoms with E-state index in [2.05, 4.69) is 10.6 Å². The van der Waals surface area contributed by atoms with E-state index in [1.54, 1.807) is 59.7 Å². The second kappa shape index (κ2) is 11.9. The Morgan fingerprint density at radius 3 is 2.06 bits per heavy atom. The van der Waals surface area contributed by atoms with E-state index in [1.807, 2.05) is 30.3 Å². The van der Waals surface area contributed by atoms with Crippen LogP contribution in [0.25, 0.3) is 0 Å². The zero-order valence-corrected chi connectivity index (χ0v) is 21.7. The molecule has 2 unspecified atom stereocenters. The lowest BCUT2D eigenvalue weighted by molar-refractivity contribution is -0.149. The molecule has 3 amide bonds. The Morgan fingerprint density at radius 2 is 1.53 bits per heavy atom. The van der Waals surface area contributed by atoms with E-state index < -0.39 is 47.7 Å². The lowest BCUT2D eigenvalue weighted by atomic mass is 9.95. The van der Waals surface area contributed by atoms with Crippen molar-refractivity contribution in [1.82, 2.24) is 15.5 Å². The molecular formula is C27H37N3O6. The number of para-hydroxylation sites is 1. The van der Waals surface area contributed by atoms with Crippen molar-refractivity contribution in [3.05, 3.63) is 65.7 Å². The number of phenols is 1. The van der Waals surface area contributed by atoms with Crippen molar-refractivity contribution in [2.24, 2.45) is 0 Å². The largest absolute Gasteiger partial charge is 0.508 e. The summed E-state index contributed by atoms with van der Waals surface area (Å²) in [6, 6.07) is 12.9. The molecule has 2 aromatic rings. The van der Waals surface area contributed by atoms with Gasteiger partial charge in [-0.3, -0.25) is 9.59 Å². The number of carbonyl (C=O) groups excluding carboxylic acids is 3. The van der Waals surface area contributed by atoms with Gasteiger partial charge in [0.2, 0.25) is 11.8 Å². The molecule has 2 aromatic carbocycles. The summed E-state index contributed by atoms with van der Waals surface area (Å²) in [4.78, 5) is 41.0. The molecule has 0 aromatic heterocycles. The number of phenolic OH excluding ortho intramolecular Hbond substituents is 1. The summed E-state index contributed by atoms with van der Waals surface area (Å²) in [6.07, 6.45) is -0.878. The van der Waals surface area contributed by atoms with E-state index in [9.17, 15) is 24.6 Å². The number of aliphatic hydroxyl groups excluding tert-OH is 1. The molecule has 0 aliphatic heterocycles. The summed E-state index contributed by atoms with van der Waals surface area (Å²) in [5.41, 5.74) is -0.695. The lowest BCUT2D eigenvalue weighted by Gasteiger charge is -2.42. The summed E-state index contributed by atoms with van der Waals surface area (Å²) < 4.78 is 5.23. The Labute approximate surface area is 212 Å². The van der Waals surface area contributed by atoms with Gasteiger partial charge in [-0.05, 0) is 53.2 Å². The number of hydrogen-bond acceptors (Lipinski definition) is 6. The molecule has 9 nitrogen and oxygen atoms in total. The number of rotatable bonds is 8. The number of benzene rings is 2. The number of carbonyl (C=O) groups is 3. The van der Waals surface area contributed by atoms with Crippen LogP contribution in [0.2, 0.25) is 0 Å². The number of hydrogen-bond donors (Lipinski definition) is 4. The first-order valence-electron chi connectivity index (χ1n) is 11.8. The SMILES string of the molecule is CC(C)(C)OC(=O)NC(CO)C(=O)N(C(C(=O)NCc1ccccc1)c1ccccc1O)C(C)(C)C. The Morgan fingerprint density at radius 1 is 0.944 bits per heavy atom. The van der Waals surface area contributed by atoms with Gasteiger partial charge in [0.15, 0.2) is 0 Å². The number of amides is 3. The van der Waals surface area contributed by atoms with Gasteiger partial charge in [-0.2, -0.15) is 0 Å². The minimum absolute atomic E-state index is 0.167. The van der Waals surface area contributed by atoms with Crippen LogP contribution in [0.1, 0.15) is 58.7 Å². The van der Waals surface area contributed by atoms with Gasteiger partial charge in [-0.1, -0.05) is 48.5 Å². The molecule has 4 N–H and O–H groups in total. The van der Waals surface area contributed by atoms with Gasteiger partial charge in [0.05, 0.1) is 6.61 Å². The van der Waals surface area contributed by atoms with Gasteiger partial charge in [0.1, 0.15) is 23.4 Å². The van der Waals surface area contributed by atoms with Crippen molar-refractivity contribution in [3.63, 3.8) is 0 Å².